The molecule has 0 spiro atoms. The molecule has 4 heteroatoms. The highest BCUT2D eigenvalue weighted by Gasteiger charge is 2.16. The Bertz CT molecular complexity index is 354. The Morgan fingerprint density at radius 2 is 2.29 bits per heavy atom. The van der Waals surface area contributed by atoms with Gasteiger partial charge in [0.25, 0.3) is 0 Å². The Labute approximate surface area is 95.4 Å². The first kappa shape index (κ1) is 11.7. The lowest BCUT2D eigenvalue weighted by Crippen LogP contribution is -2.03. The van der Waals surface area contributed by atoms with Gasteiger partial charge in [-0.05, 0) is 24.1 Å². The molecule has 0 heterocycles. The molecule has 0 saturated carbocycles. The van der Waals surface area contributed by atoms with Crippen molar-refractivity contribution in [2.45, 2.75) is 19.0 Å². The van der Waals surface area contributed by atoms with Crippen molar-refractivity contribution in [2.75, 3.05) is 0 Å². The Kier molecular flexibility index (Phi) is 4.08. The average molecular weight is 280 g/mol. The highest BCUT2D eigenvalue weighted by atomic mass is 79.9. The predicted molar refractivity (Wildman–Crippen MR) is 58.2 cm³/mol. The van der Waals surface area contributed by atoms with Gasteiger partial charge < -0.3 is 0 Å². The summed E-state index contributed by atoms with van der Waals surface area (Å²) in [5.74, 6) is -0.150. The van der Waals surface area contributed by atoms with Crippen LogP contribution < -0.4 is 0 Å². The number of Topliss-reactive ketones (excluding diaryl/α,β-unsaturated/α-hetero) is 1. The summed E-state index contributed by atoms with van der Waals surface area (Å²) in [6.07, 6.45) is 0. The zero-order chi connectivity index (χ0) is 10.7. The maximum atomic E-state index is 12.4. The molecule has 1 aromatic carbocycles. The summed E-state index contributed by atoms with van der Waals surface area (Å²) in [5, 5.41) is -0.712. The van der Waals surface area contributed by atoms with Crippen LogP contribution in [0.5, 0.6) is 0 Å². The zero-order valence-corrected chi connectivity index (χ0v) is 9.90. The average Bonchev–Trinajstić information content (AvgIpc) is 2.17. The maximum Gasteiger partial charge on any atom is 0.152 e. The molecule has 0 aromatic heterocycles. The van der Waals surface area contributed by atoms with Crippen molar-refractivity contribution in [3.05, 3.63) is 33.8 Å². The molecule has 0 N–H and O–H groups in total. The highest BCUT2D eigenvalue weighted by Crippen LogP contribution is 2.29. The summed E-state index contributed by atoms with van der Waals surface area (Å²) in [6.45, 7) is 0.855. The number of halogens is 3. The van der Waals surface area contributed by atoms with Crippen molar-refractivity contribution in [3.8, 4) is 0 Å². The molecule has 1 nitrogen and oxygen atoms in total. The van der Waals surface area contributed by atoms with Crippen molar-refractivity contribution in [2.24, 2.45) is 0 Å². The van der Waals surface area contributed by atoms with Crippen LogP contribution in [-0.4, -0.2) is 5.78 Å². The topological polar surface area (TPSA) is 17.1 Å². The summed E-state index contributed by atoms with van der Waals surface area (Å²) in [6, 6.07) is 4.95. The molecule has 0 fully saturated rings. The molecule has 0 bridgehead atoms. The van der Waals surface area contributed by atoms with Gasteiger partial charge in [0, 0.05) is 4.47 Å². The zero-order valence-electron chi connectivity index (χ0n) is 7.56. The van der Waals surface area contributed by atoms with Gasteiger partial charge in [-0.25, -0.2) is 4.39 Å². The molecule has 76 valence electrons. The molecular formula is C10H9BrClFO. The summed E-state index contributed by atoms with van der Waals surface area (Å²) in [4.78, 5) is 11.0. The van der Waals surface area contributed by atoms with E-state index in [4.69, 9.17) is 11.6 Å². The molecule has 14 heavy (non-hydrogen) atoms. The minimum absolute atomic E-state index is 0.150. The van der Waals surface area contributed by atoms with Crippen LogP contribution in [0.3, 0.4) is 0 Å². The first-order valence-electron chi connectivity index (χ1n) is 4.05. The summed E-state index contributed by atoms with van der Waals surface area (Å²) in [7, 11) is 0. The normalized spacial score (nSPS) is 12.6. The van der Waals surface area contributed by atoms with E-state index in [-0.39, 0.29) is 5.78 Å². The van der Waals surface area contributed by atoms with Crippen molar-refractivity contribution in [3.63, 3.8) is 0 Å². The van der Waals surface area contributed by atoms with Gasteiger partial charge >= 0.3 is 0 Å². The third-order valence-electron chi connectivity index (χ3n) is 1.84. The van der Waals surface area contributed by atoms with Crippen LogP contribution >= 0.6 is 27.5 Å². The minimum atomic E-state index is -0.712. The lowest BCUT2D eigenvalue weighted by atomic mass is 10.1. The Morgan fingerprint density at radius 1 is 1.64 bits per heavy atom. The number of hydrogen-bond donors (Lipinski definition) is 0. The fourth-order valence-electron chi connectivity index (χ4n) is 1.09. The SMILES string of the molecule is CC(=O)C(Cl)c1cc(CF)ccc1Br. The van der Waals surface area contributed by atoms with Crippen LogP contribution in [0, 0.1) is 0 Å². The van der Waals surface area contributed by atoms with E-state index in [1.165, 1.54) is 6.92 Å². The second-order valence-electron chi connectivity index (χ2n) is 2.96. The van der Waals surface area contributed by atoms with Gasteiger partial charge in [0.05, 0.1) is 0 Å². The molecule has 0 radical (unpaired) electrons. The lowest BCUT2D eigenvalue weighted by molar-refractivity contribution is -0.116. The second kappa shape index (κ2) is 4.89. The summed E-state index contributed by atoms with van der Waals surface area (Å²) < 4.78 is 13.1. The third kappa shape index (κ3) is 2.55. The number of alkyl halides is 2. The van der Waals surface area contributed by atoms with Crippen molar-refractivity contribution < 1.29 is 9.18 Å². The van der Waals surface area contributed by atoms with Gasteiger partial charge in [-0.1, -0.05) is 28.1 Å². The van der Waals surface area contributed by atoms with E-state index in [2.05, 4.69) is 15.9 Å². The standard InChI is InChI=1S/C10H9BrClFO/c1-6(14)10(12)8-4-7(5-13)2-3-9(8)11/h2-4,10H,5H2,1H3. The first-order chi connectivity index (χ1) is 6.56. The predicted octanol–water partition coefficient (Wildman–Crippen LogP) is 3.79. The number of rotatable bonds is 3. The monoisotopic (exact) mass is 278 g/mol. The van der Waals surface area contributed by atoms with E-state index in [1.54, 1.807) is 18.2 Å². The molecule has 0 saturated heterocycles. The first-order valence-corrected chi connectivity index (χ1v) is 5.28. The minimum Gasteiger partial charge on any atom is -0.298 e. The summed E-state index contributed by atoms with van der Waals surface area (Å²) >= 11 is 9.14. The van der Waals surface area contributed by atoms with Gasteiger partial charge in [-0.3, -0.25) is 4.79 Å². The van der Waals surface area contributed by atoms with E-state index in [0.717, 1.165) is 4.47 Å². The van der Waals surface area contributed by atoms with E-state index < -0.39 is 12.1 Å². The quantitative estimate of drug-likeness (QED) is 0.769. The molecule has 0 amide bonds. The van der Waals surface area contributed by atoms with E-state index >= 15 is 0 Å². The van der Waals surface area contributed by atoms with Crippen LogP contribution in [0.15, 0.2) is 22.7 Å². The molecular weight excluding hydrogens is 270 g/mol. The van der Waals surface area contributed by atoms with Crippen LogP contribution in [0.4, 0.5) is 4.39 Å². The van der Waals surface area contributed by atoms with Crippen LogP contribution in [0.1, 0.15) is 23.4 Å². The summed E-state index contributed by atoms with van der Waals surface area (Å²) in [5.41, 5.74) is 1.14. The number of ketones is 1. The maximum absolute atomic E-state index is 12.4. The van der Waals surface area contributed by atoms with Crippen molar-refractivity contribution in [1.82, 2.24) is 0 Å². The molecule has 0 aliphatic carbocycles. The molecule has 0 aliphatic rings. The number of carbonyl (C=O) groups is 1. The fourth-order valence-corrected chi connectivity index (χ4v) is 1.88. The molecule has 0 aliphatic heterocycles. The number of hydrogen-bond acceptors (Lipinski definition) is 1. The third-order valence-corrected chi connectivity index (χ3v) is 3.11. The van der Waals surface area contributed by atoms with E-state index in [9.17, 15) is 9.18 Å². The molecule has 1 rings (SSSR count). The largest absolute Gasteiger partial charge is 0.298 e. The van der Waals surface area contributed by atoms with E-state index in [0.29, 0.717) is 11.1 Å². The van der Waals surface area contributed by atoms with Crippen LogP contribution in [-0.2, 0) is 11.5 Å². The van der Waals surface area contributed by atoms with Gasteiger partial charge in [-0.15, -0.1) is 11.6 Å². The number of benzene rings is 1. The fraction of sp³-hybridized carbons (Fsp3) is 0.300. The van der Waals surface area contributed by atoms with E-state index in [1.807, 2.05) is 0 Å². The number of carbonyl (C=O) groups excluding carboxylic acids is 1. The Morgan fingerprint density at radius 3 is 2.79 bits per heavy atom. The second-order valence-corrected chi connectivity index (χ2v) is 4.25. The Hall–Kier alpha value is -0.410. The van der Waals surface area contributed by atoms with Gasteiger partial charge in [0.2, 0.25) is 0 Å². The lowest BCUT2D eigenvalue weighted by Gasteiger charge is -2.09. The van der Waals surface area contributed by atoms with Gasteiger partial charge in [0.1, 0.15) is 12.1 Å². The van der Waals surface area contributed by atoms with Crippen LogP contribution in [0.25, 0.3) is 0 Å². The van der Waals surface area contributed by atoms with Crippen molar-refractivity contribution in [1.29, 1.82) is 0 Å². The Balaban J connectivity index is 3.11. The molecule has 1 unspecified atom stereocenters. The van der Waals surface area contributed by atoms with Gasteiger partial charge in [-0.2, -0.15) is 0 Å². The van der Waals surface area contributed by atoms with Crippen LogP contribution in [0.2, 0.25) is 0 Å². The van der Waals surface area contributed by atoms with Gasteiger partial charge in [0.15, 0.2) is 5.78 Å². The molecule has 1 aromatic rings. The molecule has 1 atom stereocenters. The smallest absolute Gasteiger partial charge is 0.152 e. The highest BCUT2D eigenvalue weighted by molar-refractivity contribution is 9.10. The van der Waals surface area contributed by atoms with Crippen molar-refractivity contribution >= 4 is 33.3 Å².